The molecule has 1 saturated heterocycles. The van der Waals surface area contributed by atoms with Gasteiger partial charge in [0.1, 0.15) is 0 Å². The molecule has 12 heteroatoms. The average Bonchev–Trinajstić information content (AvgIpc) is 2.63. The van der Waals surface area contributed by atoms with Crippen molar-refractivity contribution >= 4 is 11.9 Å². The maximum atomic E-state index is 13.0. The fraction of sp³-hybridized carbons (Fsp3) is 0.882. The lowest BCUT2D eigenvalue weighted by atomic mass is 10.1. The first-order valence-corrected chi connectivity index (χ1v) is 9.23. The van der Waals surface area contributed by atoms with Gasteiger partial charge in [0.2, 0.25) is 12.2 Å². The topological polar surface area (TPSA) is 65.1 Å². The first-order chi connectivity index (χ1) is 13.4. The van der Waals surface area contributed by atoms with Crippen molar-refractivity contribution in [3.05, 3.63) is 0 Å². The number of halogens is 6. The molecular weight excluding hydrogens is 412 g/mol. The van der Waals surface area contributed by atoms with Crippen LogP contribution >= 0.6 is 0 Å². The number of hydrogen-bond donors (Lipinski definition) is 0. The molecule has 0 saturated carbocycles. The van der Waals surface area contributed by atoms with Crippen LogP contribution in [0.15, 0.2) is 0 Å². The van der Waals surface area contributed by atoms with E-state index in [9.17, 15) is 35.9 Å². The van der Waals surface area contributed by atoms with Crippen molar-refractivity contribution in [2.45, 2.75) is 70.2 Å². The van der Waals surface area contributed by atoms with Crippen LogP contribution < -0.4 is 0 Å². The molecule has 0 bridgehead atoms. The van der Waals surface area contributed by atoms with Crippen molar-refractivity contribution in [3.8, 4) is 0 Å². The molecule has 0 N–H and O–H groups in total. The monoisotopic (exact) mass is 437 g/mol. The van der Waals surface area contributed by atoms with E-state index in [0.717, 1.165) is 0 Å². The first-order valence-electron chi connectivity index (χ1n) is 9.23. The molecule has 0 aromatic heterocycles. The number of carbonyl (C=O) groups excluding carboxylic acids is 2. The Kier molecular flexibility index (Phi) is 9.66. The maximum Gasteiger partial charge on any atom is 0.427 e. The Balaban J connectivity index is 2.52. The molecule has 0 aromatic rings. The minimum absolute atomic E-state index is 0.131. The predicted molar refractivity (Wildman–Crippen MR) is 87.9 cm³/mol. The van der Waals surface area contributed by atoms with Gasteiger partial charge in [0.15, 0.2) is 0 Å². The number of alkyl halides is 6. The van der Waals surface area contributed by atoms with Crippen LogP contribution in [0.3, 0.4) is 0 Å². The summed E-state index contributed by atoms with van der Waals surface area (Å²) < 4.78 is 91.8. The normalized spacial score (nSPS) is 18.9. The standard InChI is InChI=1S/C17H25F6NO5/c1-3-14(25)28-12(16(18,19)20)9-24-7-5-11(6-8-24)27-10-13(17(21,22)23)29-15(26)4-2/h11-13H,3-10H2,1-2H3. The van der Waals surface area contributed by atoms with Gasteiger partial charge in [-0.2, -0.15) is 26.3 Å². The molecule has 170 valence electrons. The van der Waals surface area contributed by atoms with Crippen LogP contribution in [0.4, 0.5) is 26.3 Å². The zero-order valence-corrected chi connectivity index (χ0v) is 16.1. The molecule has 1 aliphatic heterocycles. The van der Waals surface area contributed by atoms with Crippen LogP contribution in [-0.4, -0.2) is 73.7 Å². The highest BCUT2D eigenvalue weighted by Crippen LogP contribution is 2.27. The summed E-state index contributed by atoms with van der Waals surface area (Å²) >= 11 is 0. The van der Waals surface area contributed by atoms with Gasteiger partial charge in [0, 0.05) is 32.5 Å². The zero-order chi connectivity index (χ0) is 22.2. The Morgan fingerprint density at radius 1 is 0.897 bits per heavy atom. The highest BCUT2D eigenvalue weighted by atomic mass is 19.4. The van der Waals surface area contributed by atoms with Crippen molar-refractivity contribution in [2.24, 2.45) is 0 Å². The third-order valence-electron chi connectivity index (χ3n) is 4.30. The molecule has 0 radical (unpaired) electrons. The third-order valence-corrected chi connectivity index (χ3v) is 4.30. The van der Waals surface area contributed by atoms with Gasteiger partial charge in [-0.3, -0.25) is 14.5 Å². The molecular formula is C17H25F6NO5. The molecule has 2 unspecified atom stereocenters. The average molecular weight is 437 g/mol. The number of rotatable bonds is 9. The van der Waals surface area contributed by atoms with Crippen molar-refractivity contribution in [1.82, 2.24) is 4.90 Å². The number of likely N-dealkylation sites (tertiary alicyclic amines) is 1. The fourth-order valence-electron chi connectivity index (χ4n) is 2.60. The second-order valence-electron chi connectivity index (χ2n) is 6.58. The number of piperidine rings is 1. The molecule has 6 nitrogen and oxygen atoms in total. The summed E-state index contributed by atoms with van der Waals surface area (Å²) in [4.78, 5) is 23.8. The Morgan fingerprint density at radius 2 is 1.34 bits per heavy atom. The van der Waals surface area contributed by atoms with Crippen molar-refractivity contribution in [2.75, 3.05) is 26.2 Å². The van der Waals surface area contributed by atoms with E-state index in [2.05, 4.69) is 9.47 Å². The van der Waals surface area contributed by atoms with Gasteiger partial charge in [-0.25, -0.2) is 0 Å². The van der Waals surface area contributed by atoms with Gasteiger partial charge in [0.25, 0.3) is 0 Å². The number of ether oxygens (including phenoxy) is 3. The smallest absolute Gasteiger partial charge is 0.427 e. The minimum atomic E-state index is -4.78. The summed E-state index contributed by atoms with van der Waals surface area (Å²) in [6.45, 7) is 1.57. The van der Waals surface area contributed by atoms with Crippen molar-refractivity contribution < 1.29 is 50.1 Å². The van der Waals surface area contributed by atoms with Gasteiger partial charge < -0.3 is 14.2 Å². The highest BCUT2D eigenvalue weighted by molar-refractivity contribution is 5.69. The van der Waals surface area contributed by atoms with Gasteiger partial charge in [-0.05, 0) is 12.8 Å². The van der Waals surface area contributed by atoms with Crippen LogP contribution in [0.1, 0.15) is 39.5 Å². The van der Waals surface area contributed by atoms with Crippen molar-refractivity contribution in [1.29, 1.82) is 0 Å². The number of esters is 2. The Labute approximate surface area is 164 Å². The molecule has 1 rings (SSSR count). The molecule has 1 aliphatic rings. The van der Waals surface area contributed by atoms with Crippen molar-refractivity contribution in [3.63, 3.8) is 0 Å². The van der Waals surface area contributed by atoms with E-state index in [0.29, 0.717) is 0 Å². The lowest BCUT2D eigenvalue weighted by molar-refractivity contribution is -0.236. The molecule has 0 aliphatic carbocycles. The van der Waals surface area contributed by atoms with Crippen LogP contribution in [0, 0.1) is 0 Å². The third kappa shape index (κ3) is 9.20. The molecule has 0 aromatic carbocycles. The van der Waals surface area contributed by atoms with Gasteiger partial charge in [-0.1, -0.05) is 13.8 Å². The Bertz CT molecular complexity index is 531. The molecule has 2 atom stereocenters. The van der Waals surface area contributed by atoms with E-state index in [4.69, 9.17) is 4.74 Å². The SMILES string of the molecule is CCC(=O)OC(COC1CCN(CC(OC(=O)CC)C(F)(F)F)CC1)C(F)(F)F. The Hall–Kier alpha value is -1.56. The van der Waals surface area contributed by atoms with E-state index in [1.165, 1.54) is 18.7 Å². The molecule has 29 heavy (non-hydrogen) atoms. The maximum absolute atomic E-state index is 13.0. The summed E-state index contributed by atoms with van der Waals surface area (Å²) in [5.74, 6) is -1.98. The fourth-order valence-corrected chi connectivity index (χ4v) is 2.60. The summed E-state index contributed by atoms with van der Waals surface area (Å²) in [7, 11) is 0. The van der Waals surface area contributed by atoms with Gasteiger partial charge >= 0.3 is 24.3 Å². The predicted octanol–water partition coefficient (Wildman–Crippen LogP) is 3.24. The lowest BCUT2D eigenvalue weighted by Crippen LogP contribution is -2.47. The quantitative estimate of drug-likeness (QED) is 0.408. The zero-order valence-electron chi connectivity index (χ0n) is 16.1. The molecule has 1 heterocycles. The lowest BCUT2D eigenvalue weighted by Gasteiger charge is -2.34. The summed E-state index contributed by atoms with van der Waals surface area (Å²) in [5, 5.41) is 0. The Morgan fingerprint density at radius 3 is 1.76 bits per heavy atom. The van der Waals surface area contributed by atoms with Crippen LogP contribution in [0.25, 0.3) is 0 Å². The summed E-state index contributed by atoms with van der Waals surface area (Å²) in [5.41, 5.74) is 0. The first kappa shape index (κ1) is 25.5. The minimum Gasteiger partial charge on any atom is -0.451 e. The molecule has 0 spiro atoms. The summed E-state index contributed by atoms with van der Waals surface area (Å²) in [6.07, 6.45) is -14.8. The number of hydrogen-bond acceptors (Lipinski definition) is 6. The molecule has 0 amide bonds. The second kappa shape index (κ2) is 11.0. The van der Waals surface area contributed by atoms with Gasteiger partial charge in [-0.15, -0.1) is 0 Å². The summed E-state index contributed by atoms with van der Waals surface area (Å²) in [6, 6.07) is 0. The number of nitrogens with zero attached hydrogens (tertiary/aromatic N) is 1. The van der Waals surface area contributed by atoms with E-state index >= 15 is 0 Å². The van der Waals surface area contributed by atoms with Crippen LogP contribution in [-0.2, 0) is 23.8 Å². The van der Waals surface area contributed by atoms with E-state index in [1.807, 2.05) is 0 Å². The largest absolute Gasteiger partial charge is 0.451 e. The highest BCUT2D eigenvalue weighted by Gasteiger charge is 2.45. The van der Waals surface area contributed by atoms with Gasteiger partial charge in [0.05, 0.1) is 12.7 Å². The van der Waals surface area contributed by atoms with E-state index < -0.39 is 55.8 Å². The number of carbonyl (C=O) groups is 2. The van der Waals surface area contributed by atoms with E-state index in [-0.39, 0.29) is 38.8 Å². The van der Waals surface area contributed by atoms with Crippen LogP contribution in [0.5, 0.6) is 0 Å². The molecule has 1 fully saturated rings. The van der Waals surface area contributed by atoms with Crippen LogP contribution in [0.2, 0.25) is 0 Å². The van der Waals surface area contributed by atoms with E-state index in [1.54, 1.807) is 0 Å². The second-order valence-corrected chi connectivity index (χ2v) is 6.58.